The van der Waals surface area contributed by atoms with E-state index in [-0.39, 0.29) is 10.8 Å². The fourth-order valence-electron chi connectivity index (χ4n) is 2.04. The van der Waals surface area contributed by atoms with Crippen molar-refractivity contribution in [2.75, 3.05) is 5.75 Å². The van der Waals surface area contributed by atoms with E-state index in [0.717, 1.165) is 0 Å². The number of benzene rings is 1. The second kappa shape index (κ2) is 7.79. The van der Waals surface area contributed by atoms with E-state index in [2.05, 4.69) is 5.32 Å². The van der Waals surface area contributed by atoms with E-state index in [0.29, 0.717) is 0 Å². The maximum atomic E-state index is 12.4. The number of ether oxygens (including phenoxy) is 1. The Morgan fingerprint density at radius 3 is 2.12 bits per heavy atom. The fourth-order valence-corrected chi connectivity index (χ4v) is 3.33. The highest BCUT2D eigenvalue weighted by Crippen LogP contribution is 2.14. The van der Waals surface area contributed by atoms with Gasteiger partial charge in [-0.2, -0.15) is 0 Å². The zero-order valence-electron chi connectivity index (χ0n) is 14.7. The van der Waals surface area contributed by atoms with Gasteiger partial charge in [0.25, 0.3) is 0 Å². The molecular weight excluding hydrogens is 330 g/mol. The third kappa shape index (κ3) is 6.31. The molecule has 24 heavy (non-hydrogen) atoms. The molecule has 1 aromatic rings. The first kappa shape index (κ1) is 20.2. The molecule has 0 fully saturated rings. The molecule has 0 aliphatic carbocycles. The van der Waals surface area contributed by atoms with Crippen LogP contribution in [0.15, 0.2) is 35.2 Å². The van der Waals surface area contributed by atoms with Crippen molar-refractivity contribution >= 4 is 21.7 Å². The first-order valence-electron chi connectivity index (χ1n) is 7.72. The summed E-state index contributed by atoms with van der Waals surface area (Å²) in [6.07, 6.45) is -0.744. The predicted octanol–water partition coefficient (Wildman–Crippen LogP) is 2.58. The van der Waals surface area contributed by atoms with Crippen LogP contribution in [-0.4, -0.2) is 37.7 Å². The van der Waals surface area contributed by atoms with Gasteiger partial charge in [0.1, 0.15) is 11.4 Å². The van der Waals surface area contributed by atoms with Crippen LogP contribution in [0.25, 0.3) is 0 Å². The average Bonchev–Trinajstić information content (AvgIpc) is 2.43. The highest BCUT2D eigenvalue weighted by atomic mass is 32.2. The number of nitrogens with one attached hydrogen (secondary N) is 1. The van der Waals surface area contributed by atoms with Gasteiger partial charge in [-0.05, 0) is 38.8 Å². The number of rotatable bonds is 6. The number of ketones is 1. The maximum Gasteiger partial charge on any atom is 0.408 e. The highest BCUT2D eigenvalue weighted by molar-refractivity contribution is 7.92. The molecule has 0 saturated heterocycles. The first-order valence-corrected chi connectivity index (χ1v) is 9.37. The van der Waals surface area contributed by atoms with Crippen LogP contribution >= 0.6 is 0 Å². The molecule has 0 aromatic heterocycles. The van der Waals surface area contributed by atoms with Crippen LogP contribution in [0.4, 0.5) is 4.79 Å². The Morgan fingerprint density at radius 2 is 1.67 bits per heavy atom. The van der Waals surface area contributed by atoms with Gasteiger partial charge in [0.2, 0.25) is 0 Å². The summed E-state index contributed by atoms with van der Waals surface area (Å²) in [6, 6.07) is 6.83. The zero-order chi connectivity index (χ0) is 18.5. The van der Waals surface area contributed by atoms with E-state index < -0.39 is 39.1 Å². The zero-order valence-corrected chi connectivity index (χ0v) is 15.5. The lowest BCUT2D eigenvalue weighted by Gasteiger charge is -2.25. The minimum absolute atomic E-state index is 0.0816. The molecule has 1 atom stereocenters. The Labute approximate surface area is 143 Å². The number of carbonyl (C=O) groups excluding carboxylic acids is 2. The normalized spacial score (nSPS) is 13.4. The van der Waals surface area contributed by atoms with Crippen molar-refractivity contribution in [2.24, 2.45) is 5.92 Å². The number of amides is 1. The molecule has 7 heteroatoms. The molecule has 1 N–H and O–H groups in total. The van der Waals surface area contributed by atoms with Gasteiger partial charge in [-0.25, -0.2) is 13.2 Å². The van der Waals surface area contributed by atoms with E-state index in [9.17, 15) is 18.0 Å². The van der Waals surface area contributed by atoms with Gasteiger partial charge < -0.3 is 10.1 Å². The summed E-state index contributed by atoms with van der Waals surface area (Å²) in [5.74, 6) is -1.51. The molecule has 0 unspecified atom stereocenters. The molecule has 0 spiro atoms. The molecule has 0 heterocycles. The van der Waals surface area contributed by atoms with Gasteiger partial charge in [0, 0.05) is 0 Å². The SMILES string of the molecule is CC(C)[C@H](NC(=O)OC(C)(C)C)C(=O)CS(=O)(=O)c1ccccc1. The Bertz CT molecular complexity index is 675. The Hall–Kier alpha value is -1.89. The molecule has 6 nitrogen and oxygen atoms in total. The molecular formula is C17H25NO5S. The first-order chi connectivity index (χ1) is 10.9. The highest BCUT2D eigenvalue weighted by Gasteiger charge is 2.30. The van der Waals surface area contributed by atoms with E-state index in [1.165, 1.54) is 12.1 Å². The maximum absolute atomic E-state index is 12.4. The molecule has 0 bridgehead atoms. The Morgan fingerprint density at radius 1 is 1.12 bits per heavy atom. The van der Waals surface area contributed by atoms with Gasteiger partial charge in [0.15, 0.2) is 15.6 Å². The van der Waals surface area contributed by atoms with Crippen molar-refractivity contribution in [2.45, 2.75) is 51.2 Å². The molecule has 0 aliphatic heterocycles. The van der Waals surface area contributed by atoms with Crippen molar-refractivity contribution < 1.29 is 22.7 Å². The third-order valence-electron chi connectivity index (χ3n) is 3.12. The molecule has 1 rings (SSSR count). The lowest BCUT2D eigenvalue weighted by atomic mass is 10.0. The summed E-state index contributed by atoms with van der Waals surface area (Å²) in [4.78, 5) is 24.4. The fraction of sp³-hybridized carbons (Fsp3) is 0.529. The van der Waals surface area contributed by atoms with Crippen molar-refractivity contribution in [1.82, 2.24) is 5.32 Å². The quantitative estimate of drug-likeness (QED) is 0.847. The van der Waals surface area contributed by atoms with Crippen LogP contribution in [0.3, 0.4) is 0 Å². The topological polar surface area (TPSA) is 89.5 Å². The van der Waals surface area contributed by atoms with E-state index >= 15 is 0 Å². The van der Waals surface area contributed by atoms with Gasteiger partial charge in [-0.15, -0.1) is 0 Å². The van der Waals surface area contributed by atoms with Crippen molar-refractivity contribution in [3.63, 3.8) is 0 Å². The monoisotopic (exact) mass is 355 g/mol. The smallest absolute Gasteiger partial charge is 0.408 e. The second-order valence-corrected chi connectivity index (χ2v) is 8.90. The van der Waals surface area contributed by atoms with Crippen molar-refractivity contribution in [3.05, 3.63) is 30.3 Å². The van der Waals surface area contributed by atoms with Crippen LogP contribution in [0.5, 0.6) is 0 Å². The van der Waals surface area contributed by atoms with Crippen molar-refractivity contribution in [3.8, 4) is 0 Å². The minimum atomic E-state index is -3.75. The standard InChI is InChI=1S/C17H25NO5S/c1-12(2)15(18-16(20)23-17(3,4)5)14(19)11-24(21,22)13-9-7-6-8-10-13/h6-10,12,15H,11H2,1-5H3,(H,18,20)/t15-/m0/s1. The second-order valence-electron chi connectivity index (χ2n) is 6.91. The summed E-state index contributed by atoms with van der Waals surface area (Å²) in [6.45, 7) is 8.58. The van der Waals surface area contributed by atoms with Crippen LogP contribution < -0.4 is 5.32 Å². The summed E-state index contributed by atoms with van der Waals surface area (Å²) in [5.41, 5.74) is -0.704. The number of carbonyl (C=O) groups is 2. The number of hydrogen-bond acceptors (Lipinski definition) is 5. The van der Waals surface area contributed by atoms with Crippen molar-refractivity contribution in [1.29, 1.82) is 0 Å². The molecule has 134 valence electrons. The largest absolute Gasteiger partial charge is 0.444 e. The molecule has 0 saturated carbocycles. The predicted molar refractivity (Wildman–Crippen MR) is 91.5 cm³/mol. The number of Topliss-reactive ketones (excluding diaryl/α,β-unsaturated/α-hetero) is 1. The lowest BCUT2D eigenvalue weighted by Crippen LogP contribution is -2.48. The Kier molecular flexibility index (Phi) is 6.54. The van der Waals surface area contributed by atoms with Gasteiger partial charge >= 0.3 is 6.09 Å². The van der Waals surface area contributed by atoms with E-state index in [1.807, 2.05) is 0 Å². The molecule has 0 aliphatic rings. The van der Waals surface area contributed by atoms with Crippen LogP contribution in [0, 0.1) is 5.92 Å². The molecule has 1 aromatic carbocycles. The number of alkyl carbamates (subject to hydrolysis) is 1. The van der Waals surface area contributed by atoms with E-state index in [1.54, 1.807) is 52.8 Å². The summed E-state index contributed by atoms with van der Waals surface area (Å²) in [7, 11) is -3.75. The average molecular weight is 355 g/mol. The molecule has 0 radical (unpaired) electrons. The lowest BCUT2D eigenvalue weighted by molar-refractivity contribution is -0.119. The van der Waals surface area contributed by atoms with Crippen LogP contribution in [0.1, 0.15) is 34.6 Å². The third-order valence-corrected chi connectivity index (χ3v) is 4.78. The Balaban J connectivity index is 2.86. The molecule has 1 amide bonds. The summed E-state index contributed by atoms with van der Waals surface area (Å²) < 4.78 is 29.8. The van der Waals surface area contributed by atoms with Gasteiger partial charge in [-0.3, -0.25) is 4.79 Å². The van der Waals surface area contributed by atoms with Gasteiger partial charge in [-0.1, -0.05) is 32.0 Å². The van der Waals surface area contributed by atoms with Crippen LogP contribution in [-0.2, 0) is 19.4 Å². The summed E-state index contributed by atoms with van der Waals surface area (Å²) >= 11 is 0. The van der Waals surface area contributed by atoms with Crippen LogP contribution in [0.2, 0.25) is 0 Å². The summed E-state index contributed by atoms with van der Waals surface area (Å²) in [5, 5.41) is 2.47. The van der Waals surface area contributed by atoms with Gasteiger partial charge in [0.05, 0.1) is 10.9 Å². The number of sulfone groups is 1. The van der Waals surface area contributed by atoms with E-state index in [4.69, 9.17) is 4.74 Å². The minimum Gasteiger partial charge on any atom is -0.444 e. The number of hydrogen-bond donors (Lipinski definition) is 1.